The van der Waals surface area contributed by atoms with Crippen molar-refractivity contribution in [1.82, 2.24) is 9.88 Å². The van der Waals surface area contributed by atoms with Gasteiger partial charge in [0.1, 0.15) is 0 Å². The lowest BCUT2D eigenvalue weighted by atomic mass is 9.85. The molecule has 0 saturated carbocycles. The second-order valence-electron chi connectivity index (χ2n) is 7.41. The van der Waals surface area contributed by atoms with Crippen LogP contribution in [-0.2, 0) is 15.9 Å². The third-order valence-corrected chi connectivity index (χ3v) is 5.08. The van der Waals surface area contributed by atoms with Gasteiger partial charge in [0, 0.05) is 37.5 Å². The molecule has 0 atom stereocenters. The Bertz CT molecular complexity index is 957. The molecular weight excluding hydrogens is 396 g/mol. The summed E-state index contributed by atoms with van der Waals surface area (Å²) in [5, 5.41) is 10.8. The Hall–Kier alpha value is -3.37. The highest BCUT2D eigenvalue weighted by Crippen LogP contribution is 2.26. The topological polar surface area (TPSA) is 89.0 Å². The van der Waals surface area contributed by atoms with Crippen molar-refractivity contribution in [2.75, 3.05) is 26.3 Å². The number of carbonyl (C=O) groups excluding carboxylic acids is 2. The number of benzene rings is 1. The number of nitrogens with zero attached hydrogens (tertiary/aromatic N) is 2. The first-order valence-electron chi connectivity index (χ1n) is 10.3. The number of hydrogen-bond donors (Lipinski definition) is 1. The molecule has 31 heavy (non-hydrogen) atoms. The summed E-state index contributed by atoms with van der Waals surface area (Å²) < 4.78 is 10.2. The Morgan fingerprint density at radius 1 is 1.16 bits per heavy atom. The van der Waals surface area contributed by atoms with Gasteiger partial charge < -0.3 is 19.5 Å². The van der Waals surface area contributed by atoms with Crippen molar-refractivity contribution >= 4 is 12.1 Å². The van der Waals surface area contributed by atoms with Gasteiger partial charge in [0.2, 0.25) is 0 Å². The van der Waals surface area contributed by atoms with Crippen molar-refractivity contribution in [3.8, 4) is 11.8 Å². The quantitative estimate of drug-likeness (QED) is 0.589. The number of aliphatic hydroxyl groups is 1. The van der Waals surface area contributed by atoms with Crippen LogP contribution in [0.25, 0.3) is 0 Å². The fourth-order valence-electron chi connectivity index (χ4n) is 3.42. The summed E-state index contributed by atoms with van der Waals surface area (Å²) in [6, 6.07) is 11.4. The number of piperidine rings is 1. The first kappa shape index (κ1) is 22.3. The summed E-state index contributed by atoms with van der Waals surface area (Å²) in [5.41, 5.74) is 1.12. The zero-order valence-corrected chi connectivity index (χ0v) is 17.5. The lowest BCUT2D eigenvalue weighted by Crippen LogP contribution is -2.47. The van der Waals surface area contributed by atoms with Crippen LogP contribution in [0.1, 0.15) is 41.3 Å². The Morgan fingerprint density at radius 3 is 2.61 bits per heavy atom. The highest BCUT2D eigenvalue weighted by atomic mass is 16.6. The Morgan fingerprint density at radius 2 is 1.90 bits per heavy atom. The maximum Gasteiger partial charge on any atom is 0.410 e. The predicted octanol–water partition coefficient (Wildman–Crippen LogP) is 2.82. The minimum absolute atomic E-state index is 0.0761. The van der Waals surface area contributed by atoms with Crippen LogP contribution in [0.2, 0.25) is 0 Å². The van der Waals surface area contributed by atoms with E-state index in [0.717, 1.165) is 5.56 Å². The molecule has 2 aromatic rings. The molecule has 7 heteroatoms. The van der Waals surface area contributed by atoms with Crippen LogP contribution in [0.4, 0.5) is 4.79 Å². The maximum atomic E-state index is 12.3. The SMILES string of the molecule is CCOC(=O)c1cncc(C#CCOC(=O)N2CCC(O)(Cc3ccccc3)CC2)c1. The molecule has 3 rings (SSSR count). The van der Waals surface area contributed by atoms with Gasteiger partial charge in [-0.25, -0.2) is 9.59 Å². The number of likely N-dealkylation sites (tertiary alicyclic amines) is 1. The number of amides is 1. The first-order chi connectivity index (χ1) is 15.0. The molecule has 0 radical (unpaired) electrons. The molecule has 1 saturated heterocycles. The van der Waals surface area contributed by atoms with Crippen LogP contribution in [0, 0.1) is 11.8 Å². The zero-order chi connectivity index (χ0) is 22.1. The monoisotopic (exact) mass is 422 g/mol. The lowest BCUT2D eigenvalue weighted by Gasteiger charge is -2.37. The Balaban J connectivity index is 1.45. The highest BCUT2D eigenvalue weighted by Gasteiger charge is 2.34. The van der Waals surface area contributed by atoms with Gasteiger partial charge >= 0.3 is 12.1 Å². The second-order valence-corrected chi connectivity index (χ2v) is 7.41. The summed E-state index contributed by atoms with van der Waals surface area (Å²) in [6.45, 7) is 2.80. The van der Waals surface area contributed by atoms with Gasteiger partial charge in [-0.15, -0.1) is 0 Å². The van der Waals surface area contributed by atoms with E-state index < -0.39 is 17.7 Å². The zero-order valence-electron chi connectivity index (χ0n) is 17.5. The van der Waals surface area contributed by atoms with Crippen molar-refractivity contribution in [2.24, 2.45) is 0 Å². The van der Waals surface area contributed by atoms with E-state index in [9.17, 15) is 14.7 Å². The van der Waals surface area contributed by atoms with Gasteiger partial charge in [-0.3, -0.25) is 4.98 Å². The molecule has 1 aromatic heterocycles. The molecule has 2 heterocycles. The molecule has 1 aromatic carbocycles. The van der Waals surface area contributed by atoms with E-state index in [0.29, 0.717) is 43.5 Å². The smallest absolute Gasteiger partial charge is 0.410 e. The minimum atomic E-state index is -0.811. The van der Waals surface area contributed by atoms with Crippen LogP contribution < -0.4 is 0 Å². The molecule has 7 nitrogen and oxygen atoms in total. The Kier molecular flexibility index (Phi) is 7.63. The molecule has 0 bridgehead atoms. The molecule has 162 valence electrons. The second kappa shape index (κ2) is 10.6. The van der Waals surface area contributed by atoms with E-state index in [1.807, 2.05) is 30.3 Å². The highest BCUT2D eigenvalue weighted by molar-refractivity contribution is 5.89. The fourth-order valence-corrected chi connectivity index (χ4v) is 3.42. The summed E-state index contributed by atoms with van der Waals surface area (Å²) >= 11 is 0. The molecule has 0 aliphatic carbocycles. The van der Waals surface area contributed by atoms with E-state index in [-0.39, 0.29) is 13.2 Å². The standard InChI is InChI=1S/C24H26N2O5/c1-2-30-22(27)21-15-20(17-25-18-21)9-6-14-31-23(28)26-12-10-24(29,11-13-26)16-19-7-4-3-5-8-19/h3-5,7-8,15,17-18,29H,2,10-14,16H2,1H3. The van der Waals surface area contributed by atoms with E-state index in [1.165, 1.54) is 12.4 Å². The predicted molar refractivity (Wildman–Crippen MR) is 114 cm³/mol. The van der Waals surface area contributed by atoms with Gasteiger partial charge in [-0.1, -0.05) is 42.2 Å². The number of ether oxygens (including phenoxy) is 2. The number of rotatable bonds is 5. The fraction of sp³-hybridized carbons (Fsp3) is 0.375. The van der Waals surface area contributed by atoms with E-state index in [2.05, 4.69) is 16.8 Å². The molecule has 0 unspecified atom stereocenters. The van der Waals surface area contributed by atoms with Crippen LogP contribution >= 0.6 is 0 Å². The van der Waals surface area contributed by atoms with Crippen molar-refractivity contribution in [2.45, 2.75) is 31.8 Å². The lowest BCUT2D eigenvalue weighted by molar-refractivity contribution is -0.0188. The Labute approximate surface area is 182 Å². The normalized spacial score (nSPS) is 14.8. The van der Waals surface area contributed by atoms with E-state index >= 15 is 0 Å². The average molecular weight is 422 g/mol. The van der Waals surface area contributed by atoms with Gasteiger partial charge in [-0.05, 0) is 31.4 Å². The summed E-state index contributed by atoms with van der Waals surface area (Å²) in [6.07, 6.45) is 4.05. The van der Waals surface area contributed by atoms with Crippen LogP contribution in [0.15, 0.2) is 48.8 Å². The van der Waals surface area contributed by atoms with Crippen LogP contribution in [0.3, 0.4) is 0 Å². The third-order valence-electron chi connectivity index (χ3n) is 5.08. The molecule has 1 amide bonds. The molecule has 1 N–H and O–H groups in total. The maximum absolute atomic E-state index is 12.3. The van der Waals surface area contributed by atoms with Crippen molar-refractivity contribution in [1.29, 1.82) is 0 Å². The van der Waals surface area contributed by atoms with Crippen molar-refractivity contribution in [3.05, 3.63) is 65.5 Å². The molecule has 1 fully saturated rings. The molecule has 1 aliphatic heterocycles. The third kappa shape index (κ3) is 6.56. The number of carbonyl (C=O) groups is 2. The van der Waals surface area contributed by atoms with E-state index in [1.54, 1.807) is 17.9 Å². The number of esters is 1. The summed E-state index contributed by atoms with van der Waals surface area (Å²) in [7, 11) is 0. The van der Waals surface area contributed by atoms with Gasteiger partial charge in [0.15, 0.2) is 6.61 Å². The van der Waals surface area contributed by atoms with Gasteiger partial charge in [0.05, 0.1) is 17.8 Å². The number of pyridine rings is 1. The largest absolute Gasteiger partial charge is 0.462 e. The molecule has 0 spiro atoms. The van der Waals surface area contributed by atoms with Crippen molar-refractivity contribution in [3.63, 3.8) is 0 Å². The number of hydrogen-bond acceptors (Lipinski definition) is 6. The number of aromatic nitrogens is 1. The van der Waals surface area contributed by atoms with E-state index in [4.69, 9.17) is 9.47 Å². The summed E-state index contributed by atoms with van der Waals surface area (Å²) in [5.74, 6) is 5.13. The minimum Gasteiger partial charge on any atom is -0.462 e. The average Bonchev–Trinajstić information content (AvgIpc) is 2.78. The van der Waals surface area contributed by atoms with Crippen LogP contribution in [-0.4, -0.2) is 59.0 Å². The summed E-state index contributed by atoms with van der Waals surface area (Å²) in [4.78, 5) is 29.6. The van der Waals surface area contributed by atoms with Crippen LogP contribution in [0.5, 0.6) is 0 Å². The van der Waals surface area contributed by atoms with Gasteiger partial charge in [0.25, 0.3) is 0 Å². The van der Waals surface area contributed by atoms with Gasteiger partial charge in [-0.2, -0.15) is 0 Å². The first-order valence-corrected chi connectivity index (χ1v) is 10.3. The van der Waals surface area contributed by atoms with Crippen molar-refractivity contribution < 1.29 is 24.2 Å². The molecular formula is C24H26N2O5. The molecule has 1 aliphatic rings.